The van der Waals surface area contributed by atoms with Crippen LogP contribution in [-0.4, -0.2) is 5.91 Å². The minimum atomic E-state index is -0.160. The normalized spacial score (nSPS) is 13.4. The Labute approximate surface area is 132 Å². The summed E-state index contributed by atoms with van der Waals surface area (Å²) in [6.07, 6.45) is 0.947. The van der Waals surface area contributed by atoms with E-state index < -0.39 is 0 Å². The highest BCUT2D eigenvalue weighted by Crippen LogP contribution is 2.29. The minimum absolute atomic E-state index is 0.0225. The largest absolute Gasteiger partial charge is 0.398 e. The lowest BCUT2D eigenvalue weighted by atomic mass is 9.85. The molecule has 3 N–H and O–H groups in total. The monoisotopic (exact) mass is 296 g/mol. The fraction of sp³-hybridized carbons (Fsp3) is 0.316. The maximum atomic E-state index is 12.8. The maximum Gasteiger partial charge on any atom is 0.232 e. The lowest BCUT2D eigenvalue weighted by molar-refractivity contribution is -0.118. The van der Waals surface area contributed by atoms with E-state index in [4.69, 9.17) is 5.73 Å². The molecule has 0 aliphatic heterocycles. The summed E-state index contributed by atoms with van der Waals surface area (Å²) < 4.78 is 0. The van der Waals surface area contributed by atoms with Crippen LogP contribution in [0.1, 0.15) is 37.3 Å². The van der Waals surface area contributed by atoms with Gasteiger partial charge in [-0.15, -0.1) is 0 Å². The molecule has 0 saturated heterocycles. The molecule has 0 aliphatic carbocycles. The van der Waals surface area contributed by atoms with Gasteiger partial charge in [0, 0.05) is 11.4 Å². The summed E-state index contributed by atoms with van der Waals surface area (Å²) >= 11 is 0. The van der Waals surface area contributed by atoms with Crippen molar-refractivity contribution in [3.63, 3.8) is 0 Å². The second-order valence-corrected chi connectivity index (χ2v) is 5.78. The molecule has 22 heavy (non-hydrogen) atoms. The van der Waals surface area contributed by atoms with Crippen LogP contribution in [0.4, 0.5) is 11.4 Å². The number of carbonyl (C=O) groups is 1. The number of nitrogens with two attached hydrogens (primary N) is 1. The Hall–Kier alpha value is -2.29. The van der Waals surface area contributed by atoms with Gasteiger partial charge in [0.15, 0.2) is 0 Å². The van der Waals surface area contributed by atoms with E-state index >= 15 is 0 Å². The molecule has 0 aliphatic rings. The summed E-state index contributed by atoms with van der Waals surface area (Å²) in [7, 11) is 0. The predicted octanol–water partition coefficient (Wildman–Crippen LogP) is 4.35. The summed E-state index contributed by atoms with van der Waals surface area (Å²) in [6, 6.07) is 15.5. The van der Waals surface area contributed by atoms with Gasteiger partial charge in [0.1, 0.15) is 0 Å². The van der Waals surface area contributed by atoms with Crippen molar-refractivity contribution in [2.75, 3.05) is 11.1 Å². The highest BCUT2D eigenvalue weighted by atomic mass is 16.1. The highest BCUT2D eigenvalue weighted by molar-refractivity contribution is 5.97. The molecule has 2 atom stereocenters. The zero-order valence-corrected chi connectivity index (χ0v) is 13.5. The molecule has 0 bridgehead atoms. The van der Waals surface area contributed by atoms with Gasteiger partial charge in [-0.05, 0) is 36.1 Å². The van der Waals surface area contributed by atoms with Gasteiger partial charge in [-0.3, -0.25) is 4.79 Å². The first kappa shape index (κ1) is 16.1. The molecule has 0 spiro atoms. The van der Waals surface area contributed by atoms with E-state index in [1.807, 2.05) is 55.5 Å². The Balaban J connectivity index is 2.28. The summed E-state index contributed by atoms with van der Waals surface area (Å²) in [5.41, 5.74) is 9.36. The molecule has 0 aromatic heterocycles. The Kier molecular flexibility index (Phi) is 5.21. The average Bonchev–Trinajstić information content (AvgIpc) is 2.53. The average molecular weight is 296 g/mol. The summed E-state index contributed by atoms with van der Waals surface area (Å²) in [5, 5.41) is 3.05. The summed E-state index contributed by atoms with van der Waals surface area (Å²) in [6.45, 7) is 6.15. The van der Waals surface area contributed by atoms with E-state index in [0.29, 0.717) is 5.69 Å². The minimum Gasteiger partial charge on any atom is -0.398 e. The van der Waals surface area contributed by atoms with E-state index in [1.165, 1.54) is 0 Å². The van der Waals surface area contributed by atoms with E-state index in [-0.39, 0.29) is 17.7 Å². The first-order valence-corrected chi connectivity index (χ1v) is 7.75. The van der Waals surface area contributed by atoms with Crippen molar-refractivity contribution in [1.29, 1.82) is 0 Å². The van der Waals surface area contributed by atoms with E-state index in [0.717, 1.165) is 23.2 Å². The molecule has 2 aromatic carbocycles. The number of nitrogen functional groups attached to an aromatic ring is 1. The fourth-order valence-corrected chi connectivity index (χ4v) is 2.63. The Morgan fingerprint density at radius 3 is 2.45 bits per heavy atom. The number of anilines is 2. The molecule has 0 radical (unpaired) electrons. The third-order valence-corrected chi connectivity index (χ3v) is 4.29. The van der Waals surface area contributed by atoms with E-state index in [1.54, 1.807) is 0 Å². The molecule has 2 aromatic rings. The number of rotatable bonds is 5. The van der Waals surface area contributed by atoms with Crippen LogP contribution in [-0.2, 0) is 4.79 Å². The molecular formula is C19H24N2O. The third kappa shape index (κ3) is 3.48. The van der Waals surface area contributed by atoms with Gasteiger partial charge in [-0.25, -0.2) is 0 Å². The Morgan fingerprint density at radius 2 is 1.82 bits per heavy atom. The van der Waals surface area contributed by atoms with E-state index in [2.05, 4.69) is 19.2 Å². The quantitative estimate of drug-likeness (QED) is 0.806. The van der Waals surface area contributed by atoms with Crippen molar-refractivity contribution in [1.82, 2.24) is 0 Å². The predicted molar refractivity (Wildman–Crippen MR) is 92.9 cm³/mol. The van der Waals surface area contributed by atoms with Crippen LogP contribution in [0.3, 0.4) is 0 Å². The number of benzene rings is 2. The van der Waals surface area contributed by atoms with Gasteiger partial charge in [0.25, 0.3) is 0 Å². The van der Waals surface area contributed by atoms with Gasteiger partial charge in [0.2, 0.25) is 5.91 Å². The van der Waals surface area contributed by atoms with E-state index in [9.17, 15) is 4.79 Å². The van der Waals surface area contributed by atoms with Crippen LogP contribution in [0.25, 0.3) is 0 Å². The molecule has 2 rings (SSSR count). The standard InChI is InChI=1S/C19H24N2O/c1-4-13(2)18(15-9-6-5-7-10-15)19(22)21-17-12-8-11-16(20)14(17)3/h5-13,18H,4,20H2,1-3H3,(H,21,22). The smallest absolute Gasteiger partial charge is 0.232 e. The number of hydrogen-bond donors (Lipinski definition) is 2. The Bertz CT molecular complexity index is 637. The molecule has 0 saturated carbocycles. The van der Waals surface area contributed by atoms with Crippen LogP contribution in [0.15, 0.2) is 48.5 Å². The summed E-state index contributed by atoms with van der Waals surface area (Å²) in [5.74, 6) is 0.130. The van der Waals surface area contributed by atoms with Crippen LogP contribution in [0.2, 0.25) is 0 Å². The van der Waals surface area contributed by atoms with Crippen LogP contribution < -0.4 is 11.1 Å². The maximum absolute atomic E-state index is 12.8. The van der Waals surface area contributed by atoms with Gasteiger partial charge in [0.05, 0.1) is 5.92 Å². The first-order chi connectivity index (χ1) is 10.5. The van der Waals surface area contributed by atoms with Gasteiger partial charge >= 0.3 is 0 Å². The van der Waals surface area contributed by atoms with Crippen molar-refractivity contribution in [3.05, 3.63) is 59.7 Å². The molecule has 116 valence electrons. The molecular weight excluding hydrogens is 272 g/mol. The van der Waals surface area contributed by atoms with Gasteiger partial charge in [-0.1, -0.05) is 56.7 Å². The van der Waals surface area contributed by atoms with Crippen LogP contribution in [0.5, 0.6) is 0 Å². The van der Waals surface area contributed by atoms with Crippen molar-refractivity contribution in [2.45, 2.75) is 33.1 Å². The molecule has 3 nitrogen and oxygen atoms in total. The second-order valence-electron chi connectivity index (χ2n) is 5.78. The lowest BCUT2D eigenvalue weighted by Crippen LogP contribution is -2.26. The zero-order chi connectivity index (χ0) is 16.1. The molecule has 0 heterocycles. The first-order valence-electron chi connectivity index (χ1n) is 7.75. The lowest BCUT2D eigenvalue weighted by Gasteiger charge is -2.23. The van der Waals surface area contributed by atoms with Crippen molar-refractivity contribution >= 4 is 17.3 Å². The molecule has 2 unspecified atom stereocenters. The van der Waals surface area contributed by atoms with Crippen molar-refractivity contribution < 1.29 is 4.79 Å². The zero-order valence-electron chi connectivity index (χ0n) is 13.5. The number of carbonyl (C=O) groups excluding carboxylic acids is 1. The number of hydrogen-bond acceptors (Lipinski definition) is 2. The van der Waals surface area contributed by atoms with Gasteiger partial charge < -0.3 is 11.1 Å². The second kappa shape index (κ2) is 7.12. The Morgan fingerprint density at radius 1 is 1.14 bits per heavy atom. The van der Waals surface area contributed by atoms with Crippen LogP contribution >= 0.6 is 0 Å². The molecule has 1 amide bonds. The van der Waals surface area contributed by atoms with Crippen LogP contribution in [0, 0.1) is 12.8 Å². The highest BCUT2D eigenvalue weighted by Gasteiger charge is 2.26. The SMILES string of the molecule is CCC(C)C(C(=O)Nc1cccc(N)c1C)c1ccccc1. The number of nitrogens with one attached hydrogen (secondary N) is 1. The van der Waals surface area contributed by atoms with Crippen molar-refractivity contribution in [2.24, 2.45) is 5.92 Å². The van der Waals surface area contributed by atoms with Crippen molar-refractivity contribution in [3.8, 4) is 0 Å². The fourth-order valence-electron chi connectivity index (χ4n) is 2.63. The number of amides is 1. The summed E-state index contributed by atoms with van der Waals surface area (Å²) in [4.78, 5) is 12.8. The van der Waals surface area contributed by atoms with Gasteiger partial charge in [-0.2, -0.15) is 0 Å². The topological polar surface area (TPSA) is 55.1 Å². The third-order valence-electron chi connectivity index (χ3n) is 4.29. The molecule has 3 heteroatoms. The molecule has 0 fully saturated rings.